The van der Waals surface area contributed by atoms with Gasteiger partial charge in [-0.05, 0) is 43.7 Å². The molecule has 0 heterocycles. The minimum atomic E-state index is -0.415. The summed E-state index contributed by atoms with van der Waals surface area (Å²) in [5, 5.41) is -0.328. The van der Waals surface area contributed by atoms with Crippen molar-refractivity contribution >= 4 is 23.6 Å². The van der Waals surface area contributed by atoms with E-state index in [1.54, 1.807) is 13.0 Å². The van der Waals surface area contributed by atoms with Crippen LogP contribution in [0, 0.1) is 6.92 Å². The molecule has 1 atom stereocenters. The van der Waals surface area contributed by atoms with Crippen LogP contribution in [0.15, 0.2) is 59.5 Å². The van der Waals surface area contributed by atoms with Crippen LogP contribution in [0.4, 0.5) is 0 Å². The summed E-state index contributed by atoms with van der Waals surface area (Å²) >= 11 is 1.42. The summed E-state index contributed by atoms with van der Waals surface area (Å²) in [5.74, 6) is -0.0704. The van der Waals surface area contributed by atoms with Crippen LogP contribution in [0.2, 0.25) is 0 Å². The van der Waals surface area contributed by atoms with Crippen molar-refractivity contribution < 1.29 is 14.3 Å². The molecule has 0 aliphatic rings. The molecule has 0 saturated heterocycles. The summed E-state index contributed by atoms with van der Waals surface area (Å²) in [6.07, 6.45) is 0. The number of benzene rings is 2. The van der Waals surface area contributed by atoms with Crippen molar-refractivity contribution in [2.24, 2.45) is 0 Å². The molecule has 2 aromatic rings. The first kappa shape index (κ1) is 17.9. The Morgan fingerprint density at radius 2 is 1.83 bits per heavy atom. The van der Waals surface area contributed by atoms with Gasteiger partial charge in [-0.15, -0.1) is 11.8 Å². The quantitative estimate of drug-likeness (QED) is 0.624. The third-order valence-electron chi connectivity index (χ3n) is 3.11. The first-order valence-electron chi connectivity index (χ1n) is 7.54. The van der Waals surface area contributed by atoms with Crippen LogP contribution in [0.3, 0.4) is 0 Å². The van der Waals surface area contributed by atoms with Crippen LogP contribution >= 0.6 is 11.8 Å². The number of amides is 2. The topological polar surface area (TPSA) is 67.4 Å². The highest BCUT2D eigenvalue weighted by atomic mass is 32.2. The van der Waals surface area contributed by atoms with Crippen LogP contribution in [0.5, 0.6) is 5.75 Å². The summed E-state index contributed by atoms with van der Waals surface area (Å²) in [6, 6.07) is 17.0. The molecule has 2 rings (SSSR count). The zero-order valence-electron chi connectivity index (χ0n) is 13.6. The molecular weight excluding hydrogens is 324 g/mol. The van der Waals surface area contributed by atoms with Gasteiger partial charge in [0.15, 0.2) is 6.61 Å². The first-order valence-corrected chi connectivity index (χ1v) is 8.42. The lowest BCUT2D eigenvalue weighted by atomic mass is 10.2. The molecule has 6 heteroatoms. The van der Waals surface area contributed by atoms with E-state index in [2.05, 4.69) is 10.9 Å². The number of carbonyl (C=O) groups excluding carboxylic acids is 2. The molecule has 2 amide bonds. The Balaban J connectivity index is 1.71. The number of thioether (sulfide) groups is 1. The third kappa shape index (κ3) is 5.96. The Morgan fingerprint density at radius 1 is 1.08 bits per heavy atom. The fourth-order valence-corrected chi connectivity index (χ4v) is 2.77. The lowest BCUT2D eigenvalue weighted by Crippen LogP contribution is -2.46. The van der Waals surface area contributed by atoms with Gasteiger partial charge in [-0.2, -0.15) is 0 Å². The highest BCUT2D eigenvalue weighted by molar-refractivity contribution is 8.00. The predicted octanol–water partition coefficient (Wildman–Crippen LogP) is 2.70. The second-order valence-electron chi connectivity index (χ2n) is 5.22. The molecule has 126 valence electrons. The van der Waals surface area contributed by atoms with Crippen molar-refractivity contribution in [3.63, 3.8) is 0 Å². The summed E-state index contributed by atoms with van der Waals surface area (Å²) in [5.41, 5.74) is 5.82. The maximum Gasteiger partial charge on any atom is 0.276 e. The van der Waals surface area contributed by atoms with Crippen molar-refractivity contribution in [1.82, 2.24) is 10.9 Å². The van der Waals surface area contributed by atoms with Gasteiger partial charge in [0.25, 0.3) is 11.8 Å². The number of hydrazine groups is 1. The monoisotopic (exact) mass is 344 g/mol. The second kappa shape index (κ2) is 8.98. The molecule has 2 aromatic carbocycles. The van der Waals surface area contributed by atoms with Gasteiger partial charge in [-0.25, -0.2) is 0 Å². The molecule has 2 N–H and O–H groups in total. The van der Waals surface area contributed by atoms with Crippen molar-refractivity contribution in [3.8, 4) is 5.75 Å². The number of carbonyl (C=O) groups is 2. The number of hydrogen-bond acceptors (Lipinski definition) is 4. The van der Waals surface area contributed by atoms with Crippen molar-refractivity contribution in [2.45, 2.75) is 24.0 Å². The van der Waals surface area contributed by atoms with E-state index in [1.165, 1.54) is 11.8 Å². The molecule has 0 aliphatic carbocycles. The van der Waals surface area contributed by atoms with Gasteiger partial charge in [0.2, 0.25) is 0 Å². The first-order chi connectivity index (χ1) is 11.5. The van der Waals surface area contributed by atoms with E-state index in [1.807, 2.05) is 55.5 Å². The molecule has 0 radical (unpaired) electrons. The summed E-state index contributed by atoms with van der Waals surface area (Å²) in [7, 11) is 0. The van der Waals surface area contributed by atoms with Gasteiger partial charge in [0, 0.05) is 4.90 Å². The summed E-state index contributed by atoms with van der Waals surface area (Å²) in [6.45, 7) is 3.56. The van der Waals surface area contributed by atoms with E-state index in [-0.39, 0.29) is 17.8 Å². The van der Waals surface area contributed by atoms with Crippen LogP contribution < -0.4 is 15.6 Å². The van der Waals surface area contributed by atoms with Crippen molar-refractivity contribution in [1.29, 1.82) is 0 Å². The van der Waals surface area contributed by atoms with E-state index in [0.717, 1.165) is 10.5 Å². The van der Waals surface area contributed by atoms with Gasteiger partial charge < -0.3 is 4.74 Å². The van der Waals surface area contributed by atoms with E-state index in [9.17, 15) is 9.59 Å². The molecule has 1 unspecified atom stereocenters. The standard InChI is InChI=1S/C18H20N2O3S/c1-13-7-6-8-15(11-13)23-12-17(21)19-20-18(22)14(2)24-16-9-4-3-5-10-16/h3-11,14H,12H2,1-2H3,(H,19,21)(H,20,22). The molecule has 0 aliphatic heterocycles. The minimum Gasteiger partial charge on any atom is -0.484 e. The Kier molecular flexibility index (Phi) is 6.69. The lowest BCUT2D eigenvalue weighted by Gasteiger charge is -2.13. The minimum absolute atomic E-state index is 0.163. The van der Waals surface area contributed by atoms with Crippen LogP contribution in [0.25, 0.3) is 0 Å². The number of nitrogens with one attached hydrogen (secondary N) is 2. The maximum atomic E-state index is 12.0. The zero-order chi connectivity index (χ0) is 17.4. The number of hydrogen-bond donors (Lipinski definition) is 2. The Hall–Kier alpha value is -2.47. The van der Waals surface area contributed by atoms with Gasteiger partial charge in [0.05, 0.1) is 5.25 Å². The Morgan fingerprint density at radius 3 is 2.54 bits per heavy atom. The zero-order valence-corrected chi connectivity index (χ0v) is 14.4. The second-order valence-corrected chi connectivity index (χ2v) is 6.63. The van der Waals surface area contributed by atoms with Crippen LogP contribution in [-0.2, 0) is 9.59 Å². The molecule has 0 saturated carbocycles. The molecular formula is C18H20N2O3S. The average Bonchev–Trinajstić information content (AvgIpc) is 2.58. The van der Waals surface area contributed by atoms with Crippen molar-refractivity contribution in [2.75, 3.05) is 6.61 Å². The largest absolute Gasteiger partial charge is 0.484 e. The SMILES string of the molecule is Cc1cccc(OCC(=O)NNC(=O)C(C)Sc2ccccc2)c1. The highest BCUT2D eigenvalue weighted by Crippen LogP contribution is 2.22. The van der Waals surface area contributed by atoms with Gasteiger partial charge in [-0.3, -0.25) is 20.4 Å². The normalized spacial score (nSPS) is 11.4. The fourth-order valence-electron chi connectivity index (χ4n) is 1.88. The Bertz CT molecular complexity index is 692. The average molecular weight is 344 g/mol. The van der Waals surface area contributed by atoms with E-state index < -0.39 is 5.91 Å². The van der Waals surface area contributed by atoms with Crippen LogP contribution in [-0.4, -0.2) is 23.7 Å². The highest BCUT2D eigenvalue weighted by Gasteiger charge is 2.15. The van der Waals surface area contributed by atoms with E-state index in [4.69, 9.17) is 4.74 Å². The molecule has 0 bridgehead atoms. The maximum absolute atomic E-state index is 12.0. The summed E-state index contributed by atoms with van der Waals surface area (Å²) in [4.78, 5) is 24.7. The molecule has 0 aromatic heterocycles. The molecule has 0 fully saturated rings. The van der Waals surface area contributed by atoms with Gasteiger partial charge in [-0.1, -0.05) is 30.3 Å². The van der Waals surface area contributed by atoms with E-state index >= 15 is 0 Å². The number of rotatable bonds is 6. The molecule has 24 heavy (non-hydrogen) atoms. The van der Waals surface area contributed by atoms with Gasteiger partial charge in [0.1, 0.15) is 5.75 Å². The predicted molar refractivity (Wildman–Crippen MR) is 94.7 cm³/mol. The smallest absolute Gasteiger partial charge is 0.276 e. The molecule has 0 spiro atoms. The number of ether oxygens (including phenoxy) is 1. The third-order valence-corrected chi connectivity index (χ3v) is 4.22. The summed E-state index contributed by atoms with van der Waals surface area (Å²) < 4.78 is 5.37. The Labute approximate surface area is 145 Å². The fraction of sp³-hybridized carbons (Fsp3) is 0.222. The number of aryl methyl sites for hydroxylation is 1. The lowest BCUT2D eigenvalue weighted by molar-refractivity contribution is -0.129. The van der Waals surface area contributed by atoms with E-state index in [0.29, 0.717) is 5.75 Å². The molecule has 5 nitrogen and oxygen atoms in total. The van der Waals surface area contributed by atoms with Crippen LogP contribution in [0.1, 0.15) is 12.5 Å². The van der Waals surface area contributed by atoms with Gasteiger partial charge >= 0.3 is 0 Å². The van der Waals surface area contributed by atoms with Crippen molar-refractivity contribution in [3.05, 3.63) is 60.2 Å².